The zero-order valence-corrected chi connectivity index (χ0v) is 21.9. The summed E-state index contributed by atoms with van der Waals surface area (Å²) in [6.45, 7) is 5.40. The highest BCUT2D eigenvalue weighted by molar-refractivity contribution is 7.95. The zero-order chi connectivity index (χ0) is 25.7. The van der Waals surface area contributed by atoms with Crippen LogP contribution in [0.15, 0.2) is 103 Å². The first kappa shape index (κ1) is 28.4. The van der Waals surface area contributed by atoms with Gasteiger partial charge in [0, 0.05) is 5.57 Å². The Balaban J connectivity index is 0.000000540. The Morgan fingerprint density at radius 1 is 0.800 bits per heavy atom. The molecule has 0 atom stereocenters. The Hall–Kier alpha value is -2.83. The third-order valence-electron chi connectivity index (χ3n) is 5.12. The maximum Gasteiger partial charge on any atom is 0.333 e. The molecular formula is C27H31O6PS. The summed E-state index contributed by atoms with van der Waals surface area (Å²) >= 11 is 0. The summed E-state index contributed by atoms with van der Waals surface area (Å²) < 4.78 is 37.2. The topological polar surface area (TPSA) is 92.7 Å². The molecule has 0 radical (unpaired) electrons. The van der Waals surface area contributed by atoms with Crippen LogP contribution < -0.4 is 15.9 Å². The van der Waals surface area contributed by atoms with Gasteiger partial charge in [-0.25, -0.2) is 13.2 Å². The second kappa shape index (κ2) is 13.9. The molecule has 6 nitrogen and oxygen atoms in total. The molecular weight excluding hydrogens is 483 g/mol. The highest BCUT2D eigenvalue weighted by Crippen LogP contribution is 2.55. The lowest BCUT2D eigenvalue weighted by Crippen LogP contribution is -2.33. The van der Waals surface area contributed by atoms with E-state index in [1.807, 2.05) is 32.0 Å². The van der Waals surface area contributed by atoms with E-state index >= 15 is 0 Å². The van der Waals surface area contributed by atoms with Gasteiger partial charge >= 0.3 is 5.97 Å². The molecule has 0 saturated heterocycles. The van der Waals surface area contributed by atoms with Gasteiger partial charge in [-0.15, -0.1) is 0 Å². The Morgan fingerprint density at radius 2 is 1.20 bits per heavy atom. The van der Waals surface area contributed by atoms with Crippen LogP contribution in [0.25, 0.3) is 0 Å². The van der Waals surface area contributed by atoms with E-state index in [1.165, 1.54) is 22.8 Å². The summed E-state index contributed by atoms with van der Waals surface area (Å²) in [5.74, 6) is -0.241. The maximum atomic E-state index is 12.2. The minimum atomic E-state index is -4.42. The van der Waals surface area contributed by atoms with Crippen LogP contribution in [-0.2, 0) is 24.1 Å². The van der Waals surface area contributed by atoms with Gasteiger partial charge in [0.25, 0.3) is 0 Å². The molecule has 0 unspecified atom stereocenters. The fourth-order valence-electron chi connectivity index (χ4n) is 3.56. The van der Waals surface area contributed by atoms with Crippen LogP contribution in [0.4, 0.5) is 0 Å². The molecule has 0 saturated carbocycles. The molecule has 0 fully saturated rings. The number of rotatable bonds is 9. The van der Waals surface area contributed by atoms with E-state index in [9.17, 15) is 17.8 Å². The lowest BCUT2D eigenvalue weighted by Gasteiger charge is -2.26. The molecule has 3 aromatic carbocycles. The predicted octanol–water partition coefficient (Wildman–Crippen LogP) is 3.97. The number of carbonyl (C=O) groups is 1. The van der Waals surface area contributed by atoms with Crippen LogP contribution in [0.3, 0.4) is 0 Å². The standard InChI is InChI=1S/C25H26O2P.C2H6O4S/c1-3-27-25(26)21(2)19-20-28(22-13-7-4-8-14-22,23-15-9-5-10-16-23)24-17-11-6-12-18-24;1-2-6-7(3,4)5/h4-19H,3,20H2,1-2H3;2H2,1H3,(H,3,4,5)/q+1;/p-1. The summed E-state index contributed by atoms with van der Waals surface area (Å²) in [6, 6.07) is 32.0. The van der Waals surface area contributed by atoms with Gasteiger partial charge in [-0.05, 0) is 63.2 Å². The van der Waals surface area contributed by atoms with Crippen molar-refractivity contribution in [3.63, 3.8) is 0 Å². The van der Waals surface area contributed by atoms with E-state index in [0.29, 0.717) is 12.2 Å². The van der Waals surface area contributed by atoms with Crippen molar-refractivity contribution in [3.05, 3.63) is 103 Å². The highest BCUT2D eigenvalue weighted by Gasteiger charge is 2.44. The van der Waals surface area contributed by atoms with Crippen molar-refractivity contribution in [2.45, 2.75) is 20.8 Å². The fraction of sp³-hybridized carbons (Fsp3) is 0.222. The van der Waals surface area contributed by atoms with Crippen LogP contribution in [-0.4, -0.2) is 38.3 Å². The number of allylic oxidation sites excluding steroid dienone is 1. The molecule has 3 rings (SSSR count). The Morgan fingerprint density at radius 3 is 1.49 bits per heavy atom. The number of hydrogen-bond donors (Lipinski definition) is 0. The molecule has 0 spiro atoms. The molecule has 0 amide bonds. The van der Waals surface area contributed by atoms with E-state index in [1.54, 1.807) is 0 Å². The Bertz CT molecular complexity index is 1080. The lowest BCUT2D eigenvalue weighted by molar-refractivity contribution is -0.138. The summed E-state index contributed by atoms with van der Waals surface area (Å²) in [6.07, 6.45) is 2.83. The van der Waals surface area contributed by atoms with E-state index in [0.717, 1.165) is 6.16 Å². The average Bonchev–Trinajstić information content (AvgIpc) is 2.86. The first-order valence-corrected chi connectivity index (χ1v) is 14.5. The highest BCUT2D eigenvalue weighted by atomic mass is 32.3. The molecule has 186 valence electrons. The van der Waals surface area contributed by atoms with Crippen molar-refractivity contribution in [2.24, 2.45) is 0 Å². The molecule has 0 aliphatic carbocycles. The molecule has 35 heavy (non-hydrogen) atoms. The fourth-order valence-corrected chi connectivity index (χ4v) is 7.96. The second-order valence-electron chi connectivity index (χ2n) is 7.42. The van der Waals surface area contributed by atoms with Crippen molar-refractivity contribution in [2.75, 3.05) is 19.4 Å². The monoisotopic (exact) mass is 514 g/mol. The predicted molar refractivity (Wildman–Crippen MR) is 142 cm³/mol. The minimum absolute atomic E-state index is 0.0914. The molecule has 3 aromatic rings. The molecule has 0 aliphatic rings. The van der Waals surface area contributed by atoms with E-state index < -0.39 is 17.7 Å². The second-order valence-corrected chi connectivity index (χ2v) is 12.0. The average molecular weight is 515 g/mol. The molecule has 0 heterocycles. The lowest BCUT2D eigenvalue weighted by atomic mass is 10.3. The normalized spacial score (nSPS) is 11.8. The molecule has 8 heteroatoms. The first-order chi connectivity index (χ1) is 16.7. The van der Waals surface area contributed by atoms with Crippen molar-refractivity contribution in [1.82, 2.24) is 0 Å². The smallest absolute Gasteiger partial charge is 0.333 e. The van der Waals surface area contributed by atoms with Crippen molar-refractivity contribution >= 4 is 39.5 Å². The van der Waals surface area contributed by atoms with Gasteiger partial charge < -0.3 is 9.29 Å². The van der Waals surface area contributed by atoms with Crippen LogP contribution in [0, 0.1) is 0 Å². The van der Waals surface area contributed by atoms with Crippen LogP contribution in [0.1, 0.15) is 20.8 Å². The Labute approximate surface area is 208 Å². The van der Waals surface area contributed by atoms with Gasteiger partial charge in [-0.1, -0.05) is 54.6 Å². The number of hydrogen-bond acceptors (Lipinski definition) is 6. The van der Waals surface area contributed by atoms with Gasteiger partial charge in [-0.3, -0.25) is 4.18 Å². The largest absolute Gasteiger partial charge is 0.726 e. The molecule has 0 bridgehead atoms. The van der Waals surface area contributed by atoms with Crippen molar-refractivity contribution < 1.29 is 26.7 Å². The van der Waals surface area contributed by atoms with Crippen LogP contribution in [0.5, 0.6) is 0 Å². The maximum absolute atomic E-state index is 12.2. The van der Waals surface area contributed by atoms with Gasteiger partial charge in [0.05, 0.1) is 19.4 Å². The molecule has 0 aromatic heterocycles. The molecule has 0 aliphatic heterocycles. The quantitative estimate of drug-likeness (QED) is 0.141. The van der Waals surface area contributed by atoms with Crippen molar-refractivity contribution in [1.29, 1.82) is 0 Å². The molecule has 0 N–H and O–H groups in total. The number of carbonyl (C=O) groups excluding carboxylic acids is 1. The van der Waals surface area contributed by atoms with Gasteiger partial charge in [-0.2, -0.15) is 0 Å². The van der Waals surface area contributed by atoms with E-state index in [2.05, 4.69) is 83.1 Å². The van der Waals surface area contributed by atoms with Crippen LogP contribution in [0.2, 0.25) is 0 Å². The van der Waals surface area contributed by atoms with Gasteiger partial charge in [0.1, 0.15) is 23.2 Å². The third kappa shape index (κ3) is 8.41. The van der Waals surface area contributed by atoms with Crippen LogP contribution >= 0.6 is 7.26 Å². The summed E-state index contributed by atoms with van der Waals surface area (Å²) in [5.41, 5.74) is 0.661. The summed E-state index contributed by atoms with van der Waals surface area (Å²) in [7, 11) is -6.37. The summed E-state index contributed by atoms with van der Waals surface area (Å²) in [5, 5.41) is 3.92. The third-order valence-corrected chi connectivity index (χ3v) is 9.92. The van der Waals surface area contributed by atoms with Gasteiger partial charge in [0.15, 0.2) is 0 Å². The minimum Gasteiger partial charge on any atom is -0.726 e. The van der Waals surface area contributed by atoms with E-state index in [4.69, 9.17) is 4.74 Å². The number of benzene rings is 3. The summed E-state index contributed by atoms with van der Waals surface area (Å²) in [4.78, 5) is 12.2. The Kier molecular flexibility index (Phi) is 11.3. The zero-order valence-electron chi connectivity index (χ0n) is 20.2. The first-order valence-electron chi connectivity index (χ1n) is 11.2. The van der Waals surface area contributed by atoms with Crippen molar-refractivity contribution in [3.8, 4) is 0 Å². The number of ether oxygens (including phenoxy) is 1. The van der Waals surface area contributed by atoms with E-state index in [-0.39, 0.29) is 12.6 Å². The number of esters is 1. The SMILES string of the molecule is CCOC(=O)C(C)=CC[P+](c1ccccc1)(c1ccccc1)c1ccccc1.CCOS(=O)(=O)[O-]. The van der Waals surface area contributed by atoms with Gasteiger partial charge in [0.2, 0.25) is 10.4 Å².